The number of carboxylic acid groups (broad SMARTS) is 1. The molecule has 0 radical (unpaired) electrons. The summed E-state index contributed by atoms with van der Waals surface area (Å²) in [6.07, 6.45) is 0. The smallest absolute Gasteiger partial charge is 0.310 e. The molecule has 0 spiro atoms. The van der Waals surface area contributed by atoms with E-state index < -0.39 is 11.4 Å². The molecule has 0 unspecified atom stereocenters. The van der Waals surface area contributed by atoms with Crippen molar-refractivity contribution in [2.75, 3.05) is 0 Å². The Bertz CT molecular complexity index is 593. The first-order valence-electron chi connectivity index (χ1n) is 5.82. The Balaban J connectivity index is 2.35. The maximum Gasteiger partial charge on any atom is 0.310 e. The van der Waals surface area contributed by atoms with Crippen molar-refractivity contribution in [2.45, 2.75) is 27.3 Å². The van der Waals surface area contributed by atoms with Crippen LogP contribution in [0.15, 0.2) is 6.07 Å². The Kier molecular flexibility index (Phi) is 3.09. The van der Waals surface area contributed by atoms with E-state index in [0.29, 0.717) is 11.5 Å². The van der Waals surface area contributed by atoms with Crippen molar-refractivity contribution in [3.05, 3.63) is 11.8 Å². The predicted octanol–water partition coefficient (Wildman–Crippen LogP) is 0.493. The van der Waals surface area contributed by atoms with Gasteiger partial charge in [-0.15, -0.1) is 5.10 Å². The SMILES string of the molecule is Cc1cc(-c2nnnn2CC(C)(C)C(=O)O)nn1C. The molecule has 0 aliphatic heterocycles. The fourth-order valence-electron chi connectivity index (χ4n) is 1.61. The van der Waals surface area contributed by atoms with Gasteiger partial charge in [0.05, 0.1) is 12.0 Å². The van der Waals surface area contributed by atoms with Gasteiger partial charge in [-0.2, -0.15) is 5.10 Å². The van der Waals surface area contributed by atoms with Crippen LogP contribution in [0.1, 0.15) is 19.5 Å². The second-order valence-electron chi connectivity index (χ2n) is 5.14. The van der Waals surface area contributed by atoms with E-state index in [-0.39, 0.29) is 6.54 Å². The number of nitrogens with zero attached hydrogens (tertiary/aromatic N) is 6. The molecule has 2 heterocycles. The van der Waals surface area contributed by atoms with Crippen LogP contribution in [0.4, 0.5) is 0 Å². The lowest BCUT2D eigenvalue weighted by atomic mass is 9.94. The number of hydrogen-bond donors (Lipinski definition) is 1. The highest BCUT2D eigenvalue weighted by molar-refractivity contribution is 5.73. The predicted molar refractivity (Wildman–Crippen MR) is 66.2 cm³/mol. The average molecular weight is 264 g/mol. The van der Waals surface area contributed by atoms with Crippen molar-refractivity contribution in [1.29, 1.82) is 0 Å². The van der Waals surface area contributed by atoms with Crippen LogP contribution in [0.5, 0.6) is 0 Å². The van der Waals surface area contributed by atoms with E-state index in [1.807, 2.05) is 20.0 Å². The Hall–Kier alpha value is -2.25. The van der Waals surface area contributed by atoms with E-state index >= 15 is 0 Å². The molecule has 0 aliphatic rings. The molecule has 0 saturated heterocycles. The number of hydrogen-bond acceptors (Lipinski definition) is 5. The van der Waals surface area contributed by atoms with E-state index in [4.69, 9.17) is 5.11 Å². The van der Waals surface area contributed by atoms with Gasteiger partial charge in [0.1, 0.15) is 5.69 Å². The summed E-state index contributed by atoms with van der Waals surface area (Å²) in [7, 11) is 1.83. The summed E-state index contributed by atoms with van der Waals surface area (Å²) < 4.78 is 3.19. The van der Waals surface area contributed by atoms with Crippen LogP contribution < -0.4 is 0 Å². The fraction of sp³-hybridized carbons (Fsp3) is 0.545. The molecule has 1 N–H and O–H groups in total. The van der Waals surface area contributed by atoms with Crippen LogP contribution >= 0.6 is 0 Å². The van der Waals surface area contributed by atoms with Gasteiger partial charge in [-0.05, 0) is 37.3 Å². The number of rotatable bonds is 4. The lowest BCUT2D eigenvalue weighted by Gasteiger charge is -2.18. The van der Waals surface area contributed by atoms with E-state index in [2.05, 4.69) is 20.6 Å². The van der Waals surface area contributed by atoms with Gasteiger partial charge in [-0.1, -0.05) is 0 Å². The average Bonchev–Trinajstić information content (AvgIpc) is 2.86. The van der Waals surface area contributed by atoms with E-state index in [1.165, 1.54) is 4.68 Å². The molecular weight excluding hydrogens is 248 g/mol. The molecule has 0 fully saturated rings. The zero-order valence-electron chi connectivity index (χ0n) is 11.3. The highest BCUT2D eigenvalue weighted by Gasteiger charge is 2.30. The highest BCUT2D eigenvalue weighted by Crippen LogP contribution is 2.21. The molecule has 2 rings (SSSR count). The maximum absolute atomic E-state index is 11.2. The summed E-state index contributed by atoms with van der Waals surface area (Å²) in [5.74, 6) is -0.427. The molecule has 0 atom stereocenters. The first kappa shape index (κ1) is 13.2. The largest absolute Gasteiger partial charge is 0.481 e. The van der Waals surface area contributed by atoms with Gasteiger partial charge in [0.2, 0.25) is 5.82 Å². The van der Waals surface area contributed by atoms with Crippen LogP contribution in [0.3, 0.4) is 0 Å². The topological polar surface area (TPSA) is 98.7 Å². The van der Waals surface area contributed by atoms with Gasteiger partial charge in [-0.3, -0.25) is 9.48 Å². The quantitative estimate of drug-likeness (QED) is 0.863. The fourth-order valence-corrected chi connectivity index (χ4v) is 1.61. The van der Waals surface area contributed by atoms with Crippen LogP contribution in [-0.2, 0) is 18.4 Å². The van der Waals surface area contributed by atoms with Gasteiger partial charge in [-0.25, -0.2) is 4.68 Å². The van der Waals surface area contributed by atoms with Crippen molar-refractivity contribution < 1.29 is 9.90 Å². The Morgan fingerprint density at radius 3 is 2.68 bits per heavy atom. The zero-order chi connectivity index (χ0) is 14.2. The minimum absolute atomic E-state index is 0.181. The number of aromatic nitrogens is 6. The van der Waals surface area contributed by atoms with E-state index in [1.54, 1.807) is 18.5 Å². The highest BCUT2D eigenvalue weighted by atomic mass is 16.4. The maximum atomic E-state index is 11.2. The summed E-state index contributed by atoms with van der Waals surface area (Å²) in [5, 5.41) is 24.8. The monoisotopic (exact) mass is 264 g/mol. The summed E-state index contributed by atoms with van der Waals surface area (Å²) in [5.41, 5.74) is 0.654. The van der Waals surface area contributed by atoms with Gasteiger partial charge in [0.15, 0.2) is 0 Å². The van der Waals surface area contributed by atoms with Gasteiger partial charge in [0, 0.05) is 12.7 Å². The molecule has 0 saturated carbocycles. The molecule has 0 bridgehead atoms. The number of carbonyl (C=O) groups is 1. The van der Waals surface area contributed by atoms with Crippen LogP contribution in [0.25, 0.3) is 11.5 Å². The van der Waals surface area contributed by atoms with E-state index in [9.17, 15) is 4.79 Å². The van der Waals surface area contributed by atoms with Gasteiger partial charge < -0.3 is 5.11 Å². The third-order valence-electron chi connectivity index (χ3n) is 3.00. The van der Waals surface area contributed by atoms with Crippen LogP contribution in [0, 0.1) is 12.3 Å². The Morgan fingerprint density at radius 1 is 1.47 bits per heavy atom. The second-order valence-corrected chi connectivity index (χ2v) is 5.14. The summed E-state index contributed by atoms with van der Waals surface area (Å²) >= 11 is 0. The van der Waals surface area contributed by atoms with Gasteiger partial charge >= 0.3 is 5.97 Å². The number of carboxylic acids is 1. The molecule has 2 aromatic heterocycles. The van der Waals surface area contributed by atoms with E-state index in [0.717, 1.165) is 5.69 Å². The number of aliphatic carboxylic acids is 1. The minimum atomic E-state index is -0.950. The summed E-state index contributed by atoms with van der Waals surface area (Å²) in [4.78, 5) is 11.2. The summed E-state index contributed by atoms with van der Waals surface area (Å²) in [6, 6.07) is 1.86. The van der Waals surface area contributed by atoms with Crippen molar-refractivity contribution in [2.24, 2.45) is 12.5 Å². The van der Waals surface area contributed by atoms with Crippen molar-refractivity contribution in [3.8, 4) is 11.5 Å². The normalized spacial score (nSPS) is 11.8. The van der Waals surface area contributed by atoms with Crippen LogP contribution in [-0.4, -0.2) is 41.1 Å². The second kappa shape index (κ2) is 4.45. The third kappa shape index (κ3) is 2.47. The van der Waals surface area contributed by atoms with Crippen molar-refractivity contribution in [1.82, 2.24) is 30.0 Å². The summed E-state index contributed by atoms with van der Waals surface area (Å²) in [6.45, 7) is 5.36. The zero-order valence-corrected chi connectivity index (χ0v) is 11.3. The molecule has 19 heavy (non-hydrogen) atoms. The molecule has 8 nitrogen and oxygen atoms in total. The lowest BCUT2D eigenvalue weighted by Crippen LogP contribution is -2.30. The van der Waals surface area contributed by atoms with Crippen molar-refractivity contribution >= 4 is 5.97 Å². The first-order valence-corrected chi connectivity index (χ1v) is 5.82. The minimum Gasteiger partial charge on any atom is -0.481 e. The Morgan fingerprint density at radius 2 is 2.16 bits per heavy atom. The standard InChI is InChI=1S/C11H16N6O2/c1-7-5-8(13-16(7)4)9-12-14-15-17(9)6-11(2,3)10(18)19/h5H,6H2,1-4H3,(H,18,19). The molecule has 0 amide bonds. The number of tetrazole rings is 1. The molecular formula is C11H16N6O2. The molecule has 0 aromatic carbocycles. The third-order valence-corrected chi connectivity index (χ3v) is 3.00. The first-order chi connectivity index (χ1) is 8.81. The van der Waals surface area contributed by atoms with Gasteiger partial charge in [0.25, 0.3) is 0 Å². The van der Waals surface area contributed by atoms with Crippen LogP contribution in [0.2, 0.25) is 0 Å². The Labute approximate surface area is 110 Å². The molecule has 8 heteroatoms. The lowest BCUT2D eigenvalue weighted by molar-refractivity contribution is -0.147. The molecule has 0 aliphatic carbocycles. The molecule has 102 valence electrons. The number of aryl methyl sites for hydroxylation is 2. The molecule has 2 aromatic rings. The van der Waals surface area contributed by atoms with Crippen molar-refractivity contribution in [3.63, 3.8) is 0 Å².